The molecule has 0 aliphatic carbocycles. The maximum atomic E-state index is 11.5. The molecular weight excluding hydrogens is 182 g/mol. The van der Waals surface area contributed by atoms with Crippen molar-refractivity contribution in [3.8, 4) is 0 Å². The van der Waals surface area contributed by atoms with Gasteiger partial charge >= 0.3 is 5.76 Å². The number of hydrogen-bond donors (Lipinski definition) is 2. The van der Waals surface area contributed by atoms with Crippen molar-refractivity contribution in [2.75, 3.05) is 6.54 Å². The Labute approximate surface area is 61.6 Å². The summed E-state index contributed by atoms with van der Waals surface area (Å²) in [5.74, 6) is -4.56. The predicted octanol–water partition coefficient (Wildman–Crippen LogP) is -1.39. The Hall–Kier alpha value is -0.760. The van der Waals surface area contributed by atoms with E-state index in [-0.39, 0.29) is 0 Å². The topological polar surface area (TPSA) is 89.3 Å². The number of primary amides is 1. The van der Waals surface area contributed by atoms with E-state index < -0.39 is 28.2 Å². The summed E-state index contributed by atoms with van der Waals surface area (Å²) >= 11 is 0. The van der Waals surface area contributed by atoms with Crippen LogP contribution in [0.3, 0.4) is 0 Å². The van der Waals surface area contributed by atoms with Gasteiger partial charge in [-0.15, -0.1) is 0 Å². The average molecular weight is 188 g/mol. The Morgan fingerprint density at radius 3 is 2.27 bits per heavy atom. The van der Waals surface area contributed by atoms with Crippen molar-refractivity contribution in [1.29, 1.82) is 0 Å². The number of nitrogens with two attached hydrogens (primary N) is 1. The Bertz CT molecular complexity index is 237. The lowest BCUT2D eigenvalue weighted by molar-refractivity contribution is -0.116. The maximum absolute atomic E-state index is 11.5. The number of rotatable bonds is 4. The van der Waals surface area contributed by atoms with Crippen LogP contribution in [0.1, 0.15) is 0 Å². The van der Waals surface area contributed by atoms with Gasteiger partial charge in [0, 0.05) is 0 Å². The highest BCUT2D eigenvalue weighted by Gasteiger charge is 2.23. The molecule has 0 saturated carbocycles. The molecule has 0 spiro atoms. The number of halogens is 2. The van der Waals surface area contributed by atoms with Gasteiger partial charge in [0.2, 0.25) is 5.91 Å². The van der Waals surface area contributed by atoms with Crippen LogP contribution in [0.5, 0.6) is 0 Å². The fourth-order valence-corrected chi connectivity index (χ4v) is 0.704. The van der Waals surface area contributed by atoms with Crippen LogP contribution in [-0.2, 0) is 14.8 Å². The van der Waals surface area contributed by atoms with Gasteiger partial charge in [-0.2, -0.15) is 8.78 Å². The summed E-state index contributed by atoms with van der Waals surface area (Å²) in [6.07, 6.45) is 0. The van der Waals surface area contributed by atoms with Crippen LogP contribution in [0, 0.1) is 0 Å². The van der Waals surface area contributed by atoms with Crippen molar-refractivity contribution in [3.05, 3.63) is 0 Å². The number of hydrogen-bond acceptors (Lipinski definition) is 3. The molecule has 5 nitrogen and oxygen atoms in total. The Morgan fingerprint density at radius 2 is 2.00 bits per heavy atom. The van der Waals surface area contributed by atoms with Gasteiger partial charge in [0.15, 0.2) is 0 Å². The normalized spacial score (nSPS) is 11.9. The third-order valence-electron chi connectivity index (χ3n) is 0.682. The van der Waals surface area contributed by atoms with Gasteiger partial charge in [0.1, 0.15) is 0 Å². The van der Waals surface area contributed by atoms with Crippen LogP contribution in [0.15, 0.2) is 0 Å². The number of nitrogens with one attached hydrogen (secondary N) is 1. The van der Waals surface area contributed by atoms with Crippen LogP contribution < -0.4 is 10.5 Å². The maximum Gasteiger partial charge on any atom is 0.350 e. The summed E-state index contributed by atoms with van der Waals surface area (Å²) in [6.45, 7) is -0.813. The summed E-state index contributed by atoms with van der Waals surface area (Å²) in [6, 6.07) is 0. The fourth-order valence-electron chi connectivity index (χ4n) is 0.235. The molecule has 0 aromatic carbocycles. The fraction of sp³-hybridized carbons (Fsp3) is 0.667. The van der Waals surface area contributed by atoms with E-state index in [1.165, 1.54) is 4.72 Å². The summed E-state index contributed by atoms with van der Waals surface area (Å²) in [4.78, 5) is 9.92. The molecule has 0 heterocycles. The van der Waals surface area contributed by atoms with E-state index in [0.29, 0.717) is 0 Å². The molecule has 11 heavy (non-hydrogen) atoms. The Kier molecular flexibility index (Phi) is 3.33. The van der Waals surface area contributed by atoms with Crippen LogP contribution in [0.4, 0.5) is 8.78 Å². The standard InChI is InChI=1S/C3H6F2N2O3S/c4-3(5)11(9,10)7-1-2(6)8/h3,7H,1H2,(H2,6,8). The van der Waals surface area contributed by atoms with E-state index in [1.54, 1.807) is 0 Å². The van der Waals surface area contributed by atoms with E-state index in [2.05, 4.69) is 5.73 Å². The minimum atomic E-state index is -4.68. The molecule has 8 heteroatoms. The van der Waals surface area contributed by atoms with Crippen molar-refractivity contribution in [2.45, 2.75) is 5.76 Å². The summed E-state index contributed by atoms with van der Waals surface area (Å²) in [5.41, 5.74) is 4.49. The van der Waals surface area contributed by atoms with E-state index in [0.717, 1.165) is 0 Å². The quantitative estimate of drug-likeness (QED) is 0.569. The summed E-state index contributed by atoms with van der Waals surface area (Å²) < 4.78 is 44.6. The zero-order chi connectivity index (χ0) is 9.07. The first kappa shape index (κ1) is 10.2. The molecule has 66 valence electrons. The number of carbonyl (C=O) groups excluding carboxylic acids is 1. The first-order chi connectivity index (χ1) is 4.86. The minimum absolute atomic E-state index is 0.813. The highest BCUT2D eigenvalue weighted by molar-refractivity contribution is 7.89. The van der Waals surface area contributed by atoms with Crippen molar-refractivity contribution in [1.82, 2.24) is 4.72 Å². The third kappa shape index (κ3) is 3.83. The van der Waals surface area contributed by atoms with Gasteiger partial charge < -0.3 is 5.73 Å². The molecule has 0 atom stereocenters. The first-order valence-corrected chi connectivity index (χ1v) is 3.96. The molecular formula is C3H6F2N2O3S. The lowest BCUT2D eigenvalue weighted by Gasteiger charge is -2.01. The molecule has 3 N–H and O–H groups in total. The Balaban J connectivity index is 4.05. The minimum Gasteiger partial charge on any atom is -0.369 e. The molecule has 0 fully saturated rings. The molecule has 0 saturated heterocycles. The third-order valence-corrected chi connectivity index (χ3v) is 1.70. The lowest BCUT2D eigenvalue weighted by atomic mass is 10.7. The molecule has 0 radical (unpaired) electrons. The van der Waals surface area contributed by atoms with Gasteiger partial charge in [0.25, 0.3) is 10.0 Å². The second kappa shape index (κ2) is 3.58. The van der Waals surface area contributed by atoms with E-state index in [1.807, 2.05) is 0 Å². The van der Waals surface area contributed by atoms with Gasteiger partial charge in [-0.3, -0.25) is 4.79 Å². The SMILES string of the molecule is NC(=O)CNS(=O)(=O)C(F)F. The highest BCUT2D eigenvalue weighted by Crippen LogP contribution is 2.00. The van der Waals surface area contributed by atoms with Gasteiger partial charge in [0.05, 0.1) is 6.54 Å². The molecule has 1 amide bonds. The number of alkyl halides is 2. The van der Waals surface area contributed by atoms with Crippen LogP contribution in [-0.4, -0.2) is 26.6 Å². The van der Waals surface area contributed by atoms with E-state index in [9.17, 15) is 22.0 Å². The average Bonchev–Trinajstić information content (AvgIpc) is 1.84. The molecule has 0 bridgehead atoms. The van der Waals surface area contributed by atoms with Gasteiger partial charge in [-0.25, -0.2) is 13.1 Å². The van der Waals surface area contributed by atoms with Gasteiger partial charge in [-0.1, -0.05) is 0 Å². The molecule has 0 aromatic heterocycles. The Morgan fingerprint density at radius 1 is 1.55 bits per heavy atom. The second-order valence-corrected chi connectivity index (χ2v) is 3.33. The number of sulfonamides is 1. The summed E-state index contributed by atoms with van der Waals surface area (Å²) in [5, 5.41) is 0. The van der Waals surface area contributed by atoms with Crippen molar-refractivity contribution in [3.63, 3.8) is 0 Å². The van der Waals surface area contributed by atoms with E-state index >= 15 is 0 Å². The van der Waals surface area contributed by atoms with Crippen molar-refractivity contribution in [2.24, 2.45) is 5.73 Å². The number of carbonyl (C=O) groups is 1. The first-order valence-electron chi connectivity index (χ1n) is 2.41. The second-order valence-electron chi connectivity index (χ2n) is 1.59. The van der Waals surface area contributed by atoms with Crippen LogP contribution in [0.2, 0.25) is 0 Å². The monoisotopic (exact) mass is 188 g/mol. The molecule has 0 aliphatic rings. The summed E-state index contributed by atoms with van der Waals surface area (Å²) in [7, 11) is -4.68. The largest absolute Gasteiger partial charge is 0.369 e. The molecule has 0 rings (SSSR count). The zero-order valence-corrected chi connectivity index (χ0v) is 6.07. The van der Waals surface area contributed by atoms with Crippen molar-refractivity contribution >= 4 is 15.9 Å². The van der Waals surface area contributed by atoms with Crippen molar-refractivity contribution < 1.29 is 22.0 Å². The van der Waals surface area contributed by atoms with Gasteiger partial charge in [-0.05, 0) is 0 Å². The van der Waals surface area contributed by atoms with Crippen LogP contribution in [0.25, 0.3) is 0 Å². The highest BCUT2D eigenvalue weighted by atomic mass is 32.2. The zero-order valence-electron chi connectivity index (χ0n) is 5.25. The molecule has 0 unspecified atom stereocenters. The van der Waals surface area contributed by atoms with Crippen LogP contribution >= 0.6 is 0 Å². The molecule has 0 aromatic rings. The van der Waals surface area contributed by atoms with E-state index in [4.69, 9.17) is 0 Å². The number of amides is 1. The predicted molar refractivity (Wildman–Crippen MR) is 32.1 cm³/mol. The molecule has 0 aliphatic heterocycles. The lowest BCUT2D eigenvalue weighted by Crippen LogP contribution is -2.36. The smallest absolute Gasteiger partial charge is 0.350 e.